The highest BCUT2D eigenvalue weighted by atomic mass is 16.7. The Balaban J connectivity index is 1.61. The number of hydrogen-bond donors (Lipinski definition) is 0. The van der Waals surface area contributed by atoms with E-state index >= 15 is 0 Å². The predicted octanol–water partition coefficient (Wildman–Crippen LogP) is 2.64. The van der Waals surface area contributed by atoms with Crippen molar-refractivity contribution < 1.29 is 28.6 Å². The van der Waals surface area contributed by atoms with Gasteiger partial charge in [-0.05, 0) is 30.2 Å². The Hall–Kier alpha value is -3.35. The first-order chi connectivity index (χ1) is 13.0. The smallest absolute Gasteiger partial charge is 0.335 e. The molecule has 1 atom stereocenters. The zero-order valence-electron chi connectivity index (χ0n) is 14.8. The van der Waals surface area contributed by atoms with Crippen LogP contribution >= 0.6 is 0 Å². The lowest BCUT2D eigenvalue weighted by Crippen LogP contribution is -2.49. The summed E-state index contributed by atoms with van der Waals surface area (Å²) in [5.74, 6) is -0.690. The summed E-state index contributed by atoms with van der Waals surface area (Å²) in [5, 5.41) is 0. The molecule has 2 aromatic carbocycles. The van der Waals surface area contributed by atoms with Gasteiger partial charge in [0.2, 0.25) is 6.79 Å². The summed E-state index contributed by atoms with van der Waals surface area (Å²) in [4.78, 5) is 39.3. The van der Waals surface area contributed by atoms with Crippen LogP contribution in [0.2, 0.25) is 0 Å². The van der Waals surface area contributed by atoms with Gasteiger partial charge in [0, 0.05) is 6.07 Å². The lowest BCUT2D eigenvalue weighted by atomic mass is 10.0. The molecule has 2 aliphatic rings. The molecule has 0 saturated carbocycles. The molecule has 0 radical (unpaired) electrons. The third kappa shape index (κ3) is 2.81. The second kappa shape index (κ2) is 6.42. The van der Waals surface area contributed by atoms with Gasteiger partial charge in [-0.3, -0.25) is 14.5 Å². The molecule has 0 unspecified atom stereocenters. The number of hydrogen-bond acceptors (Lipinski definition) is 6. The monoisotopic (exact) mass is 367 g/mol. The number of ether oxygens (including phenoxy) is 3. The van der Waals surface area contributed by atoms with Crippen molar-refractivity contribution in [3.63, 3.8) is 0 Å². The van der Waals surface area contributed by atoms with E-state index in [-0.39, 0.29) is 18.5 Å². The average Bonchev–Trinajstić information content (AvgIpc) is 3.20. The number of fused-ring (bicyclic) bond motifs is 2. The molecule has 0 N–H and O–H groups in total. The van der Waals surface area contributed by atoms with E-state index in [1.54, 1.807) is 56.3 Å². The van der Waals surface area contributed by atoms with E-state index in [1.807, 2.05) is 0 Å². The molecule has 7 heteroatoms. The number of carbonyl (C=O) groups is 3. The van der Waals surface area contributed by atoms with Crippen LogP contribution in [0.15, 0.2) is 42.5 Å². The Morgan fingerprint density at radius 1 is 1.00 bits per heavy atom. The maximum Gasteiger partial charge on any atom is 0.335 e. The molecule has 4 rings (SSSR count). The summed E-state index contributed by atoms with van der Waals surface area (Å²) >= 11 is 0. The second-order valence-corrected chi connectivity index (χ2v) is 6.65. The van der Waals surface area contributed by atoms with E-state index in [0.717, 1.165) is 4.90 Å². The van der Waals surface area contributed by atoms with E-state index in [2.05, 4.69) is 0 Å². The van der Waals surface area contributed by atoms with Crippen molar-refractivity contribution in [1.29, 1.82) is 0 Å². The topological polar surface area (TPSA) is 82.1 Å². The van der Waals surface area contributed by atoms with Gasteiger partial charge in [0.25, 0.3) is 11.8 Å². The van der Waals surface area contributed by atoms with Crippen LogP contribution in [0.5, 0.6) is 17.2 Å². The molecule has 0 fully saturated rings. The lowest BCUT2D eigenvalue weighted by molar-refractivity contribution is -0.140. The van der Waals surface area contributed by atoms with Gasteiger partial charge in [0.15, 0.2) is 11.5 Å². The molecule has 0 aliphatic carbocycles. The van der Waals surface area contributed by atoms with Crippen molar-refractivity contribution in [1.82, 2.24) is 4.90 Å². The first-order valence-corrected chi connectivity index (χ1v) is 8.55. The maximum atomic E-state index is 12.8. The van der Waals surface area contributed by atoms with Gasteiger partial charge in [-0.1, -0.05) is 26.0 Å². The van der Waals surface area contributed by atoms with Crippen molar-refractivity contribution in [3.8, 4) is 17.2 Å². The molecule has 0 saturated heterocycles. The minimum Gasteiger partial charge on any atom is -0.454 e. The van der Waals surface area contributed by atoms with Crippen LogP contribution in [0.25, 0.3) is 0 Å². The van der Waals surface area contributed by atoms with Gasteiger partial charge in [0.05, 0.1) is 11.1 Å². The highest BCUT2D eigenvalue weighted by Crippen LogP contribution is 2.35. The fourth-order valence-electron chi connectivity index (χ4n) is 3.25. The summed E-state index contributed by atoms with van der Waals surface area (Å²) in [6.07, 6.45) is 0. The van der Waals surface area contributed by atoms with Crippen LogP contribution in [0.4, 0.5) is 0 Å². The zero-order valence-corrected chi connectivity index (χ0v) is 14.8. The molecule has 2 aromatic rings. The van der Waals surface area contributed by atoms with Crippen molar-refractivity contribution in [2.45, 2.75) is 19.9 Å². The highest BCUT2D eigenvalue weighted by molar-refractivity contribution is 6.22. The van der Waals surface area contributed by atoms with Gasteiger partial charge >= 0.3 is 5.97 Å². The SMILES string of the molecule is CC(C)[C@H](C(=O)Oc1ccc2c(c1)OCO2)N1C(=O)c2ccccc2C1=O. The van der Waals surface area contributed by atoms with Crippen LogP contribution in [-0.4, -0.2) is 35.5 Å². The number of benzene rings is 2. The summed E-state index contributed by atoms with van der Waals surface area (Å²) in [6, 6.07) is 10.2. The van der Waals surface area contributed by atoms with Gasteiger partial charge < -0.3 is 14.2 Å². The third-order valence-corrected chi connectivity index (χ3v) is 4.54. The van der Waals surface area contributed by atoms with E-state index in [0.29, 0.717) is 22.6 Å². The average molecular weight is 367 g/mol. The number of esters is 1. The highest BCUT2D eigenvalue weighted by Gasteiger charge is 2.44. The first kappa shape index (κ1) is 17.1. The van der Waals surface area contributed by atoms with Crippen molar-refractivity contribution in [2.75, 3.05) is 6.79 Å². The molecule has 2 amide bonds. The predicted molar refractivity (Wildman–Crippen MR) is 93.8 cm³/mol. The number of carbonyl (C=O) groups excluding carboxylic acids is 3. The third-order valence-electron chi connectivity index (χ3n) is 4.54. The molecule has 0 spiro atoms. The van der Waals surface area contributed by atoms with Crippen LogP contribution < -0.4 is 14.2 Å². The quantitative estimate of drug-likeness (QED) is 0.469. The molecular formula is C20H17NO6. The minimum atomic E-state index is -1.04. The molecule has 27 heavy (non-hydrogen) atoms. The summed E-state index contributed by atoms with van der Waals surface area (Å²) in [6.45, 7) is 3.63. The first-order valence-electron chi connectivity index (χ1n) is 8.55. The fourth-order valence-corrected chi connectivity index (χ4v) is 3.25. The van der Waals surface area contributed by atoms with Crippen molar-refractivity contribution >= 4 is 17.8 Å². The second-order valence-electron chi connectivity index (χ2n) is 6.65. The van der Waals surface area contributed by atoms with Gasteiger partial charge in [-0.2, -0.15) is 0 Å². The molecule has 138 valence electrons. The van der Waals surface area contributed by atoms with E-state index in [1.165, 1.54) is 0 Å². The molecule has 0 aromatic heterocycles. The number of nitrogens with zero attached hydrogens (tertiary/aromatic N) is 1. The maximum absolute atomic E-state index is 12.8. The van der Waals surface area contributed by atoms with Gasteiger partial charge in [-0.25, -0.2) is 4.79 Å². The largest absolute Gasteiger partial charge is 0.454 e. The summed E-state index contributed by atoms with van der Waals surface area (Å²) in [5.41, 5.74) is 0.591. The van der Waals surface area contributed by atoms with E-state index in [4.69, 9.17) is 14.2 Å². The van der Waals surface area contributed by atoms with Gasteiger partial charge in [-0.15, -0.1) is 0 Å². The number of imide groups is 1. The molecule has 0 bridgehead atoms. The Morgan fingerprint density at radius 3 is 2.26 bits per heavy atom. The lowest BCUT2D eigenvalue weighted by Gasteiger charge is -2.27. The van der Waals surface area contributed by atoms with Crippen LogP contribution in [-0.2, 0) is 4.79 Å². The van der Waals surface area contributed by atoms with Crippen molar-refractivity contribution in [2.24, 2.45) is 5.92 Å². The summed E-state index contributed by atoms with van der Waals surface area (Å²) < 4.78 is 16.0. The Kier molecular flexibility index (Phi) is 4.07. The summed E-state index contributed by atoms with van der Waals surface area (Å²) in [7, 11) is 0. The van der Waals surface area contributed by atoms with Crippen LogP contribution in [0, 0.1) is 5.92 Å². The Labute approximate surface area is 155 Å². The molecule has 2 aliphatic heterocycles. The molecule has 2 heterocycles. The Morgan fingerprint density at radius 2 is 1.63 bits per heavy atom. The minimum absolute atomic E-state index is 0.108. The fraction of sp³-hybridized carbons (Fsp3) is 0.250. The van der Waals surface area contributed by atoms with Crippen LogP contribution in [0.3, 0.4) is 0 Å². The standard InChI is InChI=1S/C20H17NO6/c1-11(2)17(21-18(22)13-5-3-4-6-14(13)19(21)23)20(24)27-12-7-8-15-16(9-12)26-10-25-15/h3-9,11,17H,10H2,1-2H3/t17-/m1/s1. The van der Waals surface area contributed by atoms with E-state index < -0.39 is 23.8 Å². The Bertz CT molecular complexity index is 916. The molecular weight excluding hydrogens is 350 g/mol. The normalized spacial score (nSPS) is 15.9. The molecule has 7 nitrogen and oxygen atoms in total. The van der Waals surface area contributed by atoms with Crippen molar-refractivity contribution in [3.05, 3.63) is 53.6 Å². The number of rotatable bonds is 4. The van der Waals surface area contributed by atoms with E-state index in [9.17, 15) is 14.4 Å². The number of amides is 2. The van der Waals surface area contributed by atoms with Gasteiger partial charge in [0.1, 0.15) is 11.8 Å². The van der Waals surface area contributed by atoms with Crippen LogP contribution in [0.1, 0.15) is 34.6 Å². The zero-order chi connectivity index (χ0) is 19.1.